The van der Waals surface area contributed by atoms with Crippen molar-refractivity contribution in [3.05, 3.63) is 81.4 Å². The lowest BCUT2D eigenvalue weighted by Crippen LogP contribution is -2.22. The van der Waals surface area contributed by atoms with Gasteiger partial charge in [0, 0.05) is 36.4 Å². The fourth-order valence-electron chi connectivity index (χ4n) is 3.16. The number of hydrogen-bond acceptors (Lipinski definition) is 2. The number of carbonyl (C=O) groups is 2. The second-order valence-electron chi connectivity index (χ2n) is 7.64. The lowest BCUT2D eigenvalue weighted by Gasteiger charge is -2.05. The number of halogens is 4. The molecule has 0 saturated heterocycles. The van der Waals surface area contributed by atoms with Gasteiger partial charge in [-0.3, -0.25) is 9.59 Å². The lowest BCUT2D eigenvalue weighted by atomic mass is 10.1. The molecule has 2 N–H and O–H groups in total. The van der Waals surface area contributed by atoms with E-state index in [1.165, 1.54) is 48.6 Å². The van der Waals surface area contributed by atoms with Crippen LogP contribution >= 0.6 is 23.2 Å². The van der Waals surface area contributed by atoms with Crippen LogP contribution in [0.5, 0.6) is 0 Å². The van der Waals surface area contributed by atoms with Gasteiger partial charge in [-0.25, -0.2) is 8.78 Å². The number of rotatable bonds is 13. The van der Waals surface area contributed by atoms with Gasteiger partial charge < -0.3 is 10.6 Å². The maximum Gasteiger partial charge on any atom is 0.244 e. The van der Waals surface area contributed by atoms with Gasteiger partial charge >= 0.3 is 0 Å². The zero-order valence-corrected chi connectivity index (χ0v) is 20.3. The van der Waals surface area contributed by atoms with Gasteiger partial charge in [0.1, 0.15) is 11.6 Å². The van der Waals surface area contributed by atoms with Crippen molar-refractivity contribution < 1.29 is 18.4 Å². The molecule has 34 heavy (non-hydrogen) atoms. The van der Waals surface area contributed by atoms with E-state index in [2.05, 4.69) is 10.6 Å². The lowest BCUT2D eigenvalue weighted by molar-refractivity contribution is -0.117. The van der Waals surface area contributed by atoms with Gasteiger partial charge in [0.05, 0.1) is 10.0 Å². The Kier molecular flexibility index (Phi) is 12.4. The van der Waals surface area contributed by atoms with Crippen LogP contribution in [0.25, 0.3) is 12.2 Å². The molecule has 2 aromatic carbocycles. The van der Waals surface area contributed by atoms with E-state index in [1.807, 2.05) is 0 Å². The highest BCUT2D eigenvalue weighted by atomic mass is 35.5. The van der Waals surface area contributed by atoms with Crippen molar-refractivity contribution in [2.75, 3.05) is 13.1 Å². The first-order chi connectivity index (χ1) is 16.4. The van der Waals surface area contributed by atoms with Crippen LogP contribution in [0.4, 0.5) is 8.78 Å². The maximum atomic E-state index is 13.7. The van der Waals surface area contributed by atoms with Crippen LogP contribution in [0, 0.1) is 11.6 Å². The summed E-state index contributed by atoms with van der Waals surface area (Å²) in [7, 11) is 0. The van der Waals surface area contributed by atoms with Crippen molar-refractivity contribution in [1.29, 1.82) is 0 Å². The number of hydrogen-bond donors (Lipinski definition) is 2. The third-order valence-electron chi connectivity index (χ3n) is 5.00. The molecule has 0 fully saturated rings. The summed E-state index contributed by atoms with van der Waals surface area (Å²) in [6.45, 7) is 1.09. The number of carbonyl (C=O) groups excluding carboxylic acids is 2. The van der Waals surface area contributed by atoms with E-state index in [4.69, 9.17) is 23.2 Å². The third-order valence-corrected chi connectivity index (χ3v) is 5.66. The van der Waals surface area contributed by atoms with Crippen molar-refractivity contribution in [2.24, 2.45) is 0 Å². The standard InChI is InChI=1S/C26H28Cl2F2N2O2/c27-21-9-7-11-23(29)19(21)13-15-25(33)31-17-5-3-1-2-4-6-18-32-26(34)16-14-20-22(28)10-8-12-24(20)30/h7-16H,1-6,17-18H2,(H,31,33)(H,32,34). The fourth-order valence-corrected chi connectivity index (χ4v) is 3.61. The highest BCUT2D eigenvalue weighted by Gasteiger charge is 2.05. The summed E-state index contributed by atoms with van der Waals surface area (Å²) >= 11 is 11.8. The summed E-state index contributed by atoms with van der Waals surface area (Å²) in [5.74, 6) is -1.53. The van der Waals surface area contributed by atoms with Gasteiger partial charge in [-0.1, -0.05) is 61.0 Å². The molecule has 0 radical (unpaired) electrons. The molecule has 0 aromatic heterocycles. The molecule has 0 heterocycles. The maximum absolute atomic E-state index is 13.7. The summed E-state index contributed by atoms with van der Waals surface area (Å²) in [5.41, 5.74) is 0.391. The van der Waals surface area contributed by atoms with E-state index in [9.17, 15) is 18.4 Å². The van der Waals surface area contributed by atoms with Crippen LogP contribution in [0.1, 0.15) is 49.7 Å². The first-order valence-corrected chi connectivity index (χ1v) is 11.9. The van der Waals surface area contributed by atoms with Crippen LogP contribution in [0.3, 0.4) is 0 Å². The molecular formula is C26H28Cl2F2N2O2. The van der Waals surface area contributed by atoms with Gasteiger partial charge in [0.25, 0.3) is 0 Å². The smallest absolute Gasteiger partial charge is 0.244 e. The molecule has 0 bridgehead atoms. The highest BCUT2D eigenvalue weighted by Crippen LogP contribution is 2.21. The minimum Gasteiger partial charge on any atom is -0.353 e. The van der Waals surface area contributed by atoms with E-state index in [0.29, 0.717) is 13.1 Å². The number of amides is 2. The summed E-state index contributed by atoms with van der Waals surface area (Å²) in [6.07, 6.45) is 11.0. The average Bonchev–Trinajstić information content (AvgIpc) is 2.79. The summed E-state index contributed by atoms with van der Waals surface area (Å²) in [6, 6.07) is 8.74. The molecule has 0 aliphatic heterocycles. The zero-order chi connectivity index (χ0) is 24.8. The van der Waals surface area contributed by atoms with E-state index in [-0.39, 0.29) is 33.0 Å². The Morgan fingerprint density at radius 1 is 0.676 bits per heavy atom. The second-order valence-corrected chi connectivity index (χ2v) is 8.46. The van der Waals surface area contributed by atoms with Crippen molar-refractivity contribution >= 4 is 47.2 Å². The predicted octanol–water partition coefficient (Wildman–Crippen LogP) is 6.57. The fraction of sp³-hybridized carbons (Fsp3) is 0.308. The van der Waals surface area contributed by atoms with Crippen LogP contribution in [-0.2, 0) is 9.59 Å². The minimum absolute atomic E-state index is 0.195. The van der Waals surface area contributed by atoms with Crippen molar-refractivity contribution in [2.45, 2.75) is 38.5 Å². The van der Waals surface area contributed by atoms with E-state index >= 15 is 0 Å². The monoisotopic (exact) mass is 508 g/mol. The average molecular weight is 509 g/mol. The zero-order valence-electron chi connectivity index (χ0n) is 18.8. The third kappa shape index (κ3) is 10.1. The predicted molar refractivity (Wildman–Crippen MR) is 135 cm³/mol. The quantitative estimate of drug-likeness (QED) is 0.237. The summed E-state index contributed by atoms with van der Waals surface area (Å²) in [4.78, 5) is 23.7. The molecule has 4 nitrogen and oxygen atoms in total. The van der Waals surface area contributed by atoms with Crippen LogP contribution < -0.4 is 10.6 Å². The van der Waals surface area contributed by atoms with Crippen molar-refractivity contribution in [3.63, 3.8) is 0 Å². The SMILES string of the molecule is O=C(C=Cc1c(F)cccc1Cl)NCCCCCCCCNC(=O)C=Cc1c(F)cccc1Cl. The van der Waals surface area contributed by atoms with E-state index in [0.717, 1.165) is 38.5 Å². The Labute approximate surface area is 209 Å². The van der Waals surface area contributed by atoms with Crippen molar-refractivity contribution in [1.82, 2.24) is 10.6 Å². The normalized spacial score (nSPS) is 11.3. The van der Waals surface area contributed by atoms with E-state index < -0.39 is 11.6 Å². The molecule has 0 aliphatic carbocycles. The van der Waals surface area contributed by atoms with Gasteiger partial charge in [-0.05, 0) is 49.3 Å². The Balaban J connectivity index is 1.49. The first kappa shape index (κ1) is 27.5. The molecular weight excluding hydrogens is 481 g/mol. The Morgan fingerprint density at radius 3 is 1.44 bits per heavy atom. The topological polar surface area (TPSA) is 58.2 Å². The number of benzene rings is 2. The molecule has 182 valence electrons. The molecule has 2 rings (SSSR count). The molecule has 0 atom stereocenters. The van der Waals surface area contributed by atoms with Crippen LogP contribution in [0.2, 0.25) is 10.0 Å². The van der Waals surface area contributed by atoms with Gasteiger partial charge in [-0.2, -0.15) is 0 Å². The molecule has 0 saturated carbocycles. The Hall–Kier alpha value is -2.70. The molecule has 0 unspecified atom stereocenters. The number of unbranched alkanes of at least 4 members (excludes halogenated alkanes) is 5. The molecule has 2 aromatic rings. The molecule has 0 spiro atoms. The van der Waals surface area contributed by atoms with Crippen LogP contribution in [0.15, 0.2) is 48.6 Å². The second kappa shape index (κ2) is 15.3. The van der Waals surface area contributed by atoms with Gasteiger partial charge in [0.15, 0.2) is 0 Å². The number of nitrogens with one attached hydrogen (secondary N) is 2. The van der Waals surface area contributed by atoms with E-state index in [1.54, 1.807) is 12.1 Å². The molecule has 0 aliphatic rings. The Morgan fingerprint density at radius 2 is 1.06 bits per heavy atom. The van der Waals surface area contributed by atoms with Crippen LogP contribution in [-0.4, -0.2) is 24.9 Å². The first-order valence-electron chi connectivity index (χ1n) is 11.2. The van der Waals surface area contributed by atoms with Gasteiger partial charge in [0.2, 0.25) is 11.8 Å². The van der Waals surface area contributed by atoms with Crippen molar-refractivity contribution in [3.8, 4) is 0 Å². The highest BCUT2D eigenvalue weighted by molar-refractivity contribution is 6.32. The molecule has 8 heteroatoms. The summed E-state index contributed by atoms with van der Waals surface area (Å²) < 4.78 is 27.3. The Bertz CT molecular complexity index is 904. The summed E-state index contributed by atoms with van der Waals surface area (Å²) in [5, 5.41) is 6.05. The molecule has 2 amide bonds. The van der Waals surface area contributed by atoms with Gasteiger partial charge in [-0.15, -0.1) is 0 Å². The minimum atomic E-state index is -0.472. The largest absolute Gasteiger partial charge is 0.353 e.